The predicted molar refractivity (Wildman–Crippen MR) is 46.8 cm³/mol. The molecule has 1 heterocycles. The summed E-state index contributed by atoms with van der Waals surface area (Å²) >= 11 is 0. The largest absolute Gasteiger partial charge is 0.479 e. The lowest BCUT2D eigenvalue weighted by Gasteiger charge is -2.10. The second kappa shape index (κ2) is 5.41. The summed E-state index contributed by atoms with van der Waals surface area (Å²) in [5.74, 6) is -0.453. The third-order valence-electron chi connectivity index (χ3n) is 1.60. The first-order chi connectivity index (χ1) is 6.74. The molecule has 0 aliphatic heterocycles. The number of aliphatic carboxylic acids is 1. The first-order valence-corrected chi connectivity index (χ1v) is 4.09. The maximum absolute atomic E-state index is 10.6. The summed E-state index contributed by atoms with van der Waals surface area (Å²) in [4.78, 5) is 10.6. The molecular formula is C9H12O5. The fraction of sp³-hybridized carbons (Fsp3) is 0.444. The second-order valence-corrected chi connectivity index (χ2v) is 2.67. The third kappa shape index (κ3) is 3.20. The lowest BCUT2D eigenvalue weighted by molar-refractivity contribution is -0.155. The van der Waals surface area contributed by atoms with E-state index < -0.39 is 12.1 Å². The molecule has 1 aromatic rings. The van der Waals surface area contributed by atoms with Crippen LogP contribution in [0.2, 0.25) is 0 Å². The number of ether oxygens (including phenoxy) is 2. The molecule has 14 heavy (non-hydrogen) atoms. The van der Waals surface area contributed by atoms with Crippen LogP contribution in [0.25, 0.3) is 0 Å². The van der Waals surface area contributed by atoms with E-state index in [1.807, 2.05) is 0 Å². The molecule has 0 aliphatic rings. The average Bonchev–Trinajstić information content (AvgIpc) is 2.64. The van der Waals surface area contributed by atoms with E-state index in [0.717, 1.165) is 0 Å². The number of carboxylic acids is 1. The van der Waals surface area contributed by atoms with Gasteiger partial charge in [-0.15, -0.1) is 0 Å². The molecule has 0 radical (unpaired) electrons. The summed E-state index contributed by atoms with van der Waals surface area (Å²) in [5, 5.41) is 8.70. The fourth-order valence-corrected chi connectivity index (χ4v) is 0.919. The van der Waals surface area contributed by atoms with Crippen LogP contribution in [0.5, 0.6) is 0 Å². The molecule has 0 amide bonds. The summed E-state index contributed by atoms with van der Waals surface area (Å²) in [5.41, 5.74) is 0. The third-order valence-corrected chi connectivity index (χ3v) is 1.60. The van der Waals surface area contributed by atoms with Crippen LogP contribution in [0.4, 0.5) is 0 Å². The molecule has 0 saturated carbocycles. The smallest absolute Gasteiger partial charge is 0.335 e. The predicted octanol–water partition coefficient (Wildman–Crippen LogP) is 0.896. The Balaban J connectivity index is 2.37. The molecule has 0 aromatic carbocycles. The molecule has 0 bridgehead atoms. The van der Waals surface area contributed by atoms with Gasteiger partial charge in [0.05, 0.1) is 12.9 Å². The number of hydrogen-bond acceptors (Lipinski definition) is 4. The molecule has 1 unspecified atom stereocenters. The van der Waals surface area contributed by atoms with Crippen molar-refractivity contribution in [2.75, 3.05) is 13.7 Å². The Morgan fingerprint density at radius 3 is 3.00 bits per heavy atom. The maximum Gasteiger partial charge on any atom is 0.335 e. The number of carboxylic acid groups (broad SMARTS) is 1. The highest BCUT2D eigenvalue weighted by Gasteiger charge is 2.17. The lowest BCUT2D eigenvalue weighted by Crippen LogP contribution is -2.28. The topological polar surface area (TPSA) is 68.9 Å². The number of carbonyl (C=O) groups is 1. The molecule has 0 fully saturated rings. The molecule has 5 heteroatoms. The molecule has 0 aliphatic carbocycles. The average molecular weight is 200 g/mol. The van der Waals surface area contributed by atoms with Crippen LogP contribution in [0.1, 0.15) is 5.76 Å². The zero-order valence-corrected chi connectivity index (χ0v) is 7.80. The van der Waals surface area contributed by atoms with Gasteiger partial charge in [-0.3, -0.25) is 0 Å². The Labute approximate surface area is 81.2 Å². The Hall–Kier alpha value is -1.33. The van der Waals surface area contributed by atoms with Crippen molar-refractivity contribution in [1.29, 1.82) is 0 Å². The van der Waals surface area contributed by atoms with Gasteiger partial charge >= 0.3 is 5.97 Å². The van der Waals surface area contributed by atoms with Gasteiger partial charge in [0, 0.05) is 7.11 Å². The highest BCUT2D eigenvalue weighted by atomic mass is 16.5. The first kappa shape index (κ1) is 10.7. The Bertz CT molecular complexity index is 267. The highest BCUT2D eigenvalue weighted by molar-refractivity contribution is 5.72. The molecule has 1 N–H and O–H groups in total. The van der Waals surface area contributed by atoms with E-state index in [0.29, 0.717) is 5.76 Å². The van der Waals surface area contributed by atoms with Gasteiger partial charge in [0.1, 0.15) is 12.4 Å². The maximum atomic E-state index is 10.6. The van der Waals surface area contributed by atoms with E-state index in [1.54, 1.807) is 12.1 Å². The van der Waals surface area contributed by atoms with E-state index in [1.165, 1.54) is 13.4 Å². The van der Waals surface area contributed by atoms with Crippen molar-refractivity contribution in [1.82, 2.24) is 0 Å². The number of methoxy groups -OCH3 is 1. The van der Waals surface area contributed by atoms with Crippen molar-refractivity contribution in [3.8, 4) is 0 Å². The van der Waals surface area contributed by atoms with Crippen LogP contribution in [0.15, 0.2) is 22.8 Å². The zero-order valence-electron chi connectivity index (χ0n) is 7.80. The summed E-state index contributed by atoms with van der Waals surface area (Å²) in [6, 6.07) is 3.43. The zero-order chi connectivity index (χ0) is 10.4. The Kier molecular flexibility index (Phi) is 4.15. The van der Waals surface area contributed by atoms with Gasteiger partial charge in [0.15, 0.2) is 6.10 Å². The van der Waals surface area contributed by atoms with Gasteiger partial charge in [-0.1, -0.05) is 0 Å². The summed E-state index contributed by atoms with van der Waals surface area (Å²) in [6.45, 7) is 0.156. The van der Waals surface area contributed by atoms with E-state index >= 15 is 0 Å². The second-order valence-electron chi connectivity index (χ2n) is 2.67. The van der Waals surface area contributed by atoms with Gasteiger partial charge in [0.25, 0.3) is 0 Å². The van der Waals surface area contributed by atoms with Crippen LogP contribution < -0.4 is 0 Å². The minimum atomic E-state index is -1.04. The van der Waals surface area contributed by atoms with Gasteiger partial charge in [-0.05, 0) is 12.1 Å². The minimum absolute atomic E-state index is 0.0239. The first-order valence-electron chi connectivity index (χ1n) is 4.09. The van der Waals surface area contributed by atoms with Gasteiger partial charge in [-0.25, -0.2) is 4.79 Å². The Morgan fingerprint density at radius 1 is 1.71 bits per heavy atom. The van der Waals surface area contributed by atoms with Crippen molar-refractivity contribution in [3.63, 3.8) is 0 Å². The van der Waals surface area contributed by atoms with Crippen molar-refractivity contribution >= 4 is 5.97 Å². The summed E-state index contributed by atoms with van der Waals surface area (Å²) in [7, 11) is 1.42. The van der Waals surface area contributed by atoms with Gasteiger partial charge in [0.2, 0.25) is 0 Å². The SMILES string of the molecule is COCC(OCc1ccco1)C(=O)O. The van der Waals surface area contributed by atoms with Crippen molar-refractivity contribution < 1.29 is 23.8 Å². The molecule has 5 nitrogen and oxygen atoms in total. The van der Waals surface area contributed by atoms with Crippen LogP contribution in [-0.2, 0) is 20.9 Å². The molecule has 0 saturated heterocycles. The molecule has 1 aromatic heterocycles. The lowest BCUT2D eigenvalue weighted by atomic mass is 10.4. The van der Waals surface area contributed by atoms with E-state index in [-0.39, 0.29) is 13.2 Å². The quantitative estimate of drug-likeness (QED) is 0.738. The number of furan rings is 1. The number of hydrogen-bond donors (Lipinski definition) is 1. The fourth-order valence-electron chi connectivity index (χ4n) is 0.919. The molecular weight excluding hydrogens is 188 g/mol. The molecule has 1 atom stereocenters. The van der Waals surface area contributed by atoms with Crippen LogP contribution in [0.3, 0.4) is 0 Å². The van der Waals surface area contributed by atoms with Crippen LogP contribution >= 0.6 is 0 Å². The summed E-state index contributed by atoms with van der Waals surface area (Å²) < 4.78 is 14.8. The number of rotatable bonds is 6. The highest BCUT2D eigenvalue weighted by Crippen LogP contribution is 2.04. The van der Waals surface area contributed by atoms with Gasteiger partial charge in [-0.2, -0.15) is 0 Å². The van der Waals surface area contributed by atoms with E-state index in [4.69, 9.17) is 19.0 Å². The van der Waals surface area contributed by atoms with E-state index in [9.17, 15) is 4.79 Å². The summed E-state index contributed by atoms with van der Waals surface area (Å²) in [6.07, 6.45) is 0.551. The van der Waals surface area contributed by atoms with E-state index in [2.05, 4.69) is 0 Å². The van der Waals surface area contributed by atoms with Crippen molar-refractivity contribution in [3.05, 3.63) is 24.2 Å². The van der Waals surface area contributed by atoms with Crippen molar-refractivity contribution in [2.45, 2.75) is 12.7 Å². The molecule has 0 spiro atoms. The standard InChI is InChI=1S/C9H12O5/c1-12-6-8(9(10)11)14-5-7-3-2-4-13-7/h2-4,8H,5-6H2,1H3,(H,10,11). The van der Waals surface area contributed by atoms with Crippen molar-refractivity contribution in [2.24, 2.45) is 0 Å². The van der Waals surface area contributed by atoms with Crippen LogP contribution in [0, 0.1) is 0 Å². The minimum Gasteiger partial charge on any atom is -0.479 e. The molecule has 78 valence electrons. The normalized spacial score (nSPS) is 12.6. The van der Waals surface area contributed by atoms with Crippen LogP contribution in [-0.4, -0.2) is 30.9 Å². The molecule has 1 rings (SSSR count). The van der Waals surface area contributed by atoms with Gasteiger partial charge < -0.3 is 19.0 Å². The monoisotopic (exact) mass is 200 g/mol. The Morgan fingerprint density at radius 2 is 2.50 bits per heavy atom.